The van der Waals surface area contributed by atoms with E-state index in [1.807, 2.05) is 0 Å². The summed E-state index contributed by atoms with van der Waals surface area (Å²) in [5, 5.41) is 82.5. The number of nitrogens with two attached hydrogens (primary N) is 1. The van der Waals surface area contributed by atoms with Crippen molar-refractivity contribution in [3.05, 3.63) is 50.6 Å². The number of halogens is 2. The number of hydrogen-bond donors (Lipinski definition) is 14. The molecule has 9 fully saturated rings. The van der Waals surface area contributed by atoms with Crippen molar-refractivity contribution in [2.24, 2.45) is 40.2 Å². The third-order valence-corrected chi connectivity index (χ3v) is 22.5. The second kappa shape index (κ2) is 57.0. The number of nitrogens with one attached hydrogen (secondary N) is 6. The van der Waals surface area contributed by atoms with Gasteiger partial charge in [-0.3, -0.25) is 38.7 Å². The average molecular weight is 2100 g/mol. The van der Waals surface area contributed by atoms with E-state index in [0.29, 0.717) is 45.3 Å². The van der Waals surface area contributed by atoms with Crippen LogP contribution in [0.5, 0.6) is 0 Å². The van der Waals surface area contributed by atoms with Crippen molar-refractivity contribution in [1.82, 2.24) is 51.5 Å². The zero-order valence-corrected chi connectivity index (χ0v) is 90.1. The summed E-state index contributed by atoms with van der Waals surface area (Å²) in [4.78, 5) is 197. The van der Waals surface area contributed by atoms with E-state index >= 15 is 0 Å². The van der Waals surface area contributed by atoms with Crippen molar-refractivity contribution < 1.29 is 190 Å². The van der Waals surface area contributed by atoms with E-state index in [9.17, 15) is 102 Å². The van der Waals surface area contributed by atoms with Crippen molar-refractivity contribution >= 4 is 121 Å². The Morgan fingerprint density at radius 3 is 0.965 bits per heavy atom. The average Bonchev–Trinajstić information content (AvgIpc) is 1.59. The molecule has 0 aromatic heterocycles. The Balaban J connectivity index is -0.00000164. The number of carboxylic acids is 2. The number of ether oxygens (including phenoxy) is 10. The summed E-state index contributed by atoms with van der Waals surface area (Å²) in [5.41, 5.74) is -3.06. The molecule has 9 rings (SSSR count). The van der Waals surface area contributed by atoms with Crippen LogP contribution in [0.3, 0.4) is 0 Å². The standard InChI is InChI=1S/C24H39N3O7.C18H28N2O6.C13H20N2O4.C11H19NO5.C11H21NO4.C10H17NO5.C8H13NO2.2ClH.Li.2H2O/c1-9-14-12-24(14,20(31)33-10-2)26-18(29)16-11-15(28)13-27(16)19(30)17(22(3,4)5)25-21(32)34-23(6,7)8;1-6-11-9-18(11,15(23)25-7-2)19-14(22)13-8-12(21)10-20(13)16(24)26-17(3,4)5;1-3-8-6-13(8,12(18)19-4-2)15-11(17)10-5-9(16)7-14-10;1-11(2,3)17-10(15)12-6-7(13)5-8(12)9(14)16-4;1-10(2,3)7(8(13)14)12-9(15)16-11(4,5)6;1-10(2,3)16-9(15)11-5-6(12)4-7(11)8(13)14;1-3-6-5-8(6,9)7(10)11-4-2;;;;;/h9,14-17,28H,1,10-13H2,2-8H3,(H,25,32)(H,26,29);6,11-13,21H,1,7-10H2,2-5H3,(H,19,22);3,8-10,14,16H,1,4-7H2,2H3,(H,15,17);7-8,13H,5-6H2,1-4H3;7H,1-6H3,(H,12,15)(H,13,14);6-7,12H,4-5H2,1-3H3,(H,13,14);3,6H,1,4-5,9H2,2H3;2*1H;;2*1H2/q;;;;;;;;;+1;;/p-1/t14-,15+,16+,17-,24-;11-,12+,13+,18-;8-,9+,10+,13-;7-,8-;7-;6-,7-;6-,8-;;;;;/m1110101...../s1. The molecule has 9 aliphatic rings. The number of aliphatic hydroxyl groups is 5. The zero-order valence-electron chi connectivity index (χ0n) is 88.5. The molecule has 0 bridgehead atoms. The number of aliphatic carboxylic acids is 2. The Labute approximate surface area is 868 Å². The van der Waals surface area contributed by atoms with Crippen LogP contribution in [0.25, 0.3) is 0 Å². The third-order valence-electron chi connectivity index (χ3n) is 22.5. The number of carbonyl (C=O) groups excluding carboxylic acids is 14. The summed E-state index contributed by atoms with van der Waals surface area (Å²) < 4.78 is 50.4. The summed E-state index contributed by atoms with van der Waals surface area (Å²) in [7, 11) is 1.25. The molecule has 5 saturated heterocycles. The van der Waals surface area contributed by atoms with Gasteiger partial charge in [0, 0.05) is 62.4 Å². The van der Waals surface area contributed by atoms with Crippen LogP contribution in [0.4, 0.5) is 24.0 Å². The fraction of sp³-hybridized carbons (Fsp3) is 0.747. The van der Waals surface area contributed by atoms with Gasteiger partial charge in [-0.25, -0.2) is 52.7 Å². The Bertz CT molecular complexity index is 4370. The zero-order chi connectivity index (χ0) is 107. The quantitative estimate of drug-likeness (QED) is 0.0285. The maximum Gasteiger partial charge on any atom is 1.00 e. The van der Waals surface area contributed by atoms with Crippen LogP contribution in [0.2, 0.25) is 0 Å². The van der Waals surface area contributed by atoms with Gasteiger partial charge in [-0.15, -0.1) is 51.1 Å². The van der Waals surface area contributed by atoms with Crippen LogP contribution in [0, 0.1) is 34.5 Å². The van der Waals surface area contributed by atoms with Crippen molar-refractivity contribution in [2.75, 3.05) is 66.3 Å². The Morgan fingerprint density at radius 1 is 0.410 bits per heavy atom. The van der Waals surface area contributed by atoms with Gasteiger partial charge in [-0.1, -0.05) is 65.8 Å². The number of carbonyl (C=O) groups is 16. The van der Waals surface area contributed by atoms with Gasteiger partial charge in [0.05, 0.1) is 89.7 Å². The fourth-order valence-corrected chi connectivity index (χ4v) is 15.2. The molecule has 4 aliphatic carbocycles. The second-order valence-electron chi connectivity index (χ2n) is 42.4. The van der Waals surface area contributed by atoms with Crippen LogP contribution in [0.1, 0.15) is 231 Å². The van der Waals surface area contributed by atoms with E-state index in [1.165, 1.54) is 21.8 Å². The van der Waals surface area contributed by atoms with E-state index < -0.39 is 218 Å². The number of alkyl carbamates (subject to hydrolysis) is 2. The van der Waals surface area contributed by atoms with Crippen LogP contribution in [-0.4, -0.2) is 351 Å². The van der Waals surface area contributed by atoms with E-state index in [2.05, 4.69) is 63.0 Å². The minimum absolute atomic E-state index is 0. The van der Waals surface area contributed by atoms with Crippen LogP contribution in [-0.2, 0) is 100 Å². The Kier molecular flexibility index (Phi) is 54.8. The molecule has 9 amide bonds. The number of methoxy groups -OCH3 is 1. The summed E-state index contributed by atoms with van der Waals surface area (Å²) in [6, 6.07) is -6.10. The number of esters is 5. The van der Waals surface area contributed by atoms with Gasteiger partial charge in [-0.2, -0.15) is 0 Å². The van der Waals surface area contributed by atoms with Gasteiger partial charge in [0.2, 0.25) is 23.6 Å². The molecule has 46 nitrogen and oxygen atoms in total. The van der Waals surface area contributed by atoms with Crippen molar-refractivity contribution in [1.29, 1.82) is 0 Å². The van der Waals surface area contributed by atoms with Gasteiger partial charge in [-0.05, 0) is 174 Å². The molecule has 5 heterocycles. The summed E-state index contributed by atoms with van der Waals surface area (Å²) >= 11 is 0. The number of β-amino-alcohol motifs (C(OH)–C–C–N with tert-alkyl or cyclic N) is 5. The normalized spacial score (nSPS) is 26.8. The minimum atomic E-state index is -1.21. The molecule has 20 atom stereocenters. The number of likely N-dealkylation sites (tertiary alicyclic amines) is 4. The number of nitrogens with zero attached hydrogens (tertiary/aromatic N) is 4. The number of amides is 9. The van der Waals surface area contributed by atoms with Crippen LogP contribution >= 0.6 is 24.8 Å². The predicted molar refractivity (Wildman–Crippen MR) is 522 cm³/mol. The second-order valence-corrected chi connectivity index (χ2v) is 42.4. The summed E-state index contributed by atoms with van der Waals surface area (Å²) in [6.07, 6.45) is 2.00. The summed E-state index contributed by atoms with van der Waals surface area (Å²) in [6.45, 7) is 59.3. The largest absolute Gasteiger partial charge is 1.00 e. The van der Waals surface area contributed by atoms with E-state index in [-0.39, 0.29) is 162 Å². The first kappa shape index (κ1) is 138. The van der Waals surface area contributed by atoms with E-state index in [4.69, 9.17) is 58.6 Å². The van der Waals surface area contributed by atoms with Crippen molar-refractivity contribution in [3.63, 3.8) is 0 Å². The molecule has 4 saturated carbocycles. The number of carboxylic acid groups (broad SMARTS) is 2. The molecule has 49 heteroatoms. The number of rotatable bonds is 24. The van der Waals surface area contributed by atoms with Gasteiger partial charge in [0.1, 0.15) is 86.4 Å². The molecular weight excluding hydrogens is 1930 g/mol. The Hall–Kier alpha value is -9.70. The van der Waals surface area contributed by atoms with E-state index in [0.717, 1.165) is 4.90 Å². The predicted octanol–water partition coefficient (Wildman–Crippen LogP) is 2.11. The van der Waals surface area contributed by atoms with Gasteiger partial charge in [0.15, 0.2) is 0 Å². The first-order valence-electron chi connectivity index (χ1n) is 46.5. The third kappa shape index (κ3) is 41.9. The first-order chi connectivity index (χ1) is 63.6. The van der Waals surface area contributed by atoms with Crippen molar-refractivity contribution in [3.8, 4) is 0 Å². The molecule has 0 aromatic carbocycles. The molecule has 0 unspecified atom stereocenters. The van der Waals surface area contributed by atoms with Crippen molar-refractivity contribution in [2.45, 2.75) is 354 Å². The fourth-order valence-electron chi connectivity index (χ4n) is 15.2. The molecular formula is C95H162Cl2LiN11O35. The molecule has 144 heavy (non-hydrogen) atoms. The topological polar surface area (TPSA) is 680 Å². The Morgan fingerprint density at radius 2 is 0.694 bits per heavy atom. The number of aliphatic hydroxyl groups excluding tert-OH is 5. The van der Waals surface area contributed by atoms with Gasteiger partial charge < -0.3 is 137 Å². The molecule has 18 N–H and O–H groups in total. The molecule has 0 aromatic rings. The first-order valence-corrected chi connectivity index (χ1v) is 46.5. The SMILES string of the molecule is C=C[C@@H]1C[C@]1(N)C(=O)OCC.C=C[C@@H]1C[C@]1(NC(=O)[C@@H]1C[C@H](O)CN1)C(=O)OCC.C=C[C@@H]1C[C@]1(NC(=O)[C@@H]1C[C@H](O)CN1C(=O)OC(C)(C)C)C(=O)OCC.C=C[C@@H]1C[C@]1(NC(=O)[C@@H]1C[C@H](O)CN1C(=O)[C@@H](NC(=O)OC(C)(C)C)C(C)(C)C)C(=O)OCC.CC(C)(C)OC(=O)N1C[C@@H](O)C[C@H]1C(=O)O.CC(C)(C)OC(=O)N[C@H](C(=O)O)C(C)(C)C.COC(=O)[C@@H]1C[C@H](O)CN1C(=O)OC(C)(C)C.Cl.Cl.O.[Li+].[OH-]. The van der Waals surface area contributed by atoms with Crippen LogP contribution in [0.15, 0.2) is 50.6 Å². The molecule has 0 spiro atoms. The molecule has 822 valence electrons. The molecule has 5 aliphatic heterocycles. The maximum atomic E-state index is 13.5. The monoisotopic (exact) mass is 2090 g/mol. The van der Waals surface area contributed by atoms with Gasteiger partial charge in [0.25, 0.3) is 0 Å². The molecule has 0 radical (unpaired) electrons. The van der Waals surface area contributed by atoms with E-state index in [1.54, 1.807) is 197 Å². The minimum Gasteiger partial charge on any atom is -0.870 e. The maximum absolute atomic E-state index is 13.5. The van der Waals surface area contributed by atoms with Gasteiger partial charge >= 0.3 is 91.1 Å². The summed E-state index contributed by atoms with van der Waals surface area (Å²) in [5.74, 6) is -6.83. The van der Waals surface area contributed by atoms with Crippen LogP contribution < -0.4 is 56.5 Å². The number of hydrogen-bond acceptors (Lipinski definition) is 34. The smallest absolute Gasteiger partial charge is 0.870 e.